The van der Waals surface area contributed by atoms with Crippen molar-refractivity contribution in [3.63, 3.8) is 0 Å². The Bertz CT molecular complexity index is 699. The summed E-state index contributed by atoms with van der Waals surface area (Å²) in [5.41, 5.74) is 4.11. The Balaban J connectivity index is 1.67. The topological polar surface area (TPSA) is 7.60 Å². The van der Waals surface area contributed by atoms with Crippen LogP contribution in [0, 0.1) is 12.5 Å². The van der Waals surface area contributed by atoms with Crippen molar-refractivity contribution in [1.82, 2.24) is 4.90 Å². The highest BCUT2D eigenvalue weighted by atomic mass is 15.2. The third-order valence-electron chi connectivity index (χ3n) is 5.01. The van der Waals surface area contributed by atoms with E-state index >= 15 is 0 Å². The molecule has 0 aromatic heterocycles. The van der Waals surface area contributed by atoms with Crippen molar-refractivity contribution < 1.29 is 0 Å². The lowest BCUT2D eigenvalue weighted by Gasteiger charge is -2.15. The maximum absolute atomic E-state index is 7.57. The second kappa shape index (κ2) is 7.64. The lowest BCUT2D eigenvalue weighted by atomic mass is 9.92. The zero-order valence-corrected chi connectivity index (χ0v) is 14.7. The van der Waals surface area contributed by atoms with Gasteiger partial charge in [0.15, 0.2) is 0 Å². The normalized spacial score (nSPS) is 21.1. The highest BCUT2D eigenvalue weighted by Gasteiger charge is 2.37. The molecule has 2 aromatic carbocycles. The van der Waals surface area contributed by atoms with E-state index in [1.54, 1.807) is 0 Å². The van der Waals surface area contributed by atoms with Crippen molar-refractivity contribution in [2.75, 3.05) is 13.1 Å². The summed E-state index contributed by atoms with van der Waals surface area (Å²) >= 11 is 0. The molecule has 2 heteroatoms. The van der Waals surface area contributed by atoms with Gasteiger partial charge in [-0.25, -0.2) is 6.57 Å². The molecule has 1 aliphatic heterocycles. The van der Waals surface area contributed by atoms with Gasteiger partial charge in [-0.2, -0.15) is 0 Å². The van der Waals surface area contributed by atoms with E-state index in [0.717, 1.165) is 26.1 Å². The van der Waals surface area contributed by atoms with E-state index < -0.39 is 0 Å². The zero-order valence-electron chi connectivity index (χ0n) is 14.7. The maximum Gasteiger partial charge on any atom is 0.240 e. The Labute approximate surface area is 145 Å². The van der Waals surface area contributed by atoms with Crippen LogP contribution >= 0.6 is 0 Å². The van der Waals surface area contributed by atoms with Crippen molar-refractivity contribution in [2.24, 2.45) is 5.92 Å². The van der Waals surface area contributed by atoms with Crippen LogP contribution in [0.25, 0.3) is 4.85 Å². The molecule has 0 bridgehead atoms. The molecule has 1 saturated heterocycles. The van der Waals surface area contributed by atoms with Crippen molar-refractivity contribution in [3.8, 4) is 0 Å². The van der Waals surface area contributed by atoms with Crippen LogP contribution in [0.2, 0.25) is 0 Å². The maximum atomic E-state index is 7.57. The van der Waals surface area contributed by atoms with Crippen LogP contribution in [0.3, 0.4) is 0 Å². The second-order valence-electron chi connectivity index (χ2n) is 7.24. The van der Waals surface area contributed by atoms with Crippen LogP contribution < -0.4 is 0 Å². The molecule has 3 rings (SSSR count). The van der Waals surface area contributed by atoms with Gasteiger partial charge in [-0.05, 0) is 29.0 Å². The molecular formula is C22H26N2. The molecule has 2 aromatic rings. The molecule has 24 heavy (non-hydrogen) atoms. The smallest absolute Gasteiger partial charge is 0.240 e. The monoisotopic (exact) mass is 318 g/mol. The van der Waals surface area contributed by atoms with E-state index in [4.69, 9.17) is 6.57 Å². The van der Waals surface area contributed by atoms with E-state index in [0.29, 0.717) is 11.8 Å². The molecule has 1 heterocycles. The van der Waals surface area contributed by atoms with Gasteiger partial charge in [0.05, 0.1) is 12.5 Å². The van der Waals surface area contributed by atoms with Crippen LogP contribution in [-0.4, -0.2) is 24.0 Å². The molecule has 0 spiro atoms. The fraction of sp³-hybridized carbons (Fsp3) is 0.409. The molecule has 1 unspecified atom stereocenters. The molecule has 2 atom stereocenters. The Morgan fingerprint density at radius 1 is 1.04 bits per heavy atom. The highest BCUT2D eigenvalue weighted by Crippen LogP contribution is 2.26. The Morgan fingerprint density at radius 2 is 1.79 bits per heavy atom. The zero-order chi connectivity index (χ0) is 16.9. The number of likely N-dealkylation sites (tertiary alicyclic amines) is 1. The summed E-state index contributed by atoms with van der Waals surface area (Å²) in [6.07, 6.45) is 1.01. The minimum Gasteiger partial charge on any atom is -0.312 e. The van der Waals surface area contributed by atoms with Crippen LogP contribution in [0.4, 0.5) is 0 Å². The van der Waals surface area contributed by atoms with E-state index in [9.17, 15) is 0 Å². The minimum absolute atomic E-state index is 0.122. The first-order valence-corrected chi connectivity index (χ1v) is 8.87. The largest absolute Gasteiger partial charge is 0.312 e. The first-order chi connectivity index (χ1) is 11.7. The van der Waals surface area contributed by atoms with Crippen molar-refractivity contribution in [2.45, 2.75) is 38.8 Å². The van der Waals surface area contributed by atoms with Crippen LogP contribution in [0.1, 0.15) is 36.5 Å². The molecule has 0 saturated carbocycles. The molecule has 124 valence electrons. The number of hydrogen-bond donors (Lipinski definition) is 0. The summed E-state index contributed by atoms with van der Waals surface area (Å²) in [5.74, 6) is 0.994. The third-order valence-corrected chi connectivity index (χ3v) is 5.01. The number of hydrogen-bond acceptors (Lipinski definition) is 1. The SMILES string of the molecule is [C-]#[N+][C@H]1CN(Cc2ccccc2)CC1Cc1cccc(C(C)C)c1. The Morgan fingerprint density at radius 3 is 2.50 bits per heavy atom. The van der Waals surface area contributed by atoms with Crippen molar-refractivity contribution in [1.29, 1.82) is 0 Å². The molecule has 0 N–H and O–H groups in total. The summed E-state index contributed by atoms with van der Waals surface area (Å²) in [5, 5.41) is 0. The quantitative estimate of drug-likeness (QED) is 0.720. The summed E-state index contributed by atoms with van der Waals surface area (Å²) in [7, 11) is 0. The molecule has 1 fully saturated rings. The lowest BCUT2D eigenvalue weighted by molar-refractivity contribution is 0.316. The molecule has 0 amide bonds. The Kier molecular flexibility index (Phi) is 5.33. The van der Waals surface area contributed by atoms with Crippen molar-refractivity contribution in [3.05, 3.63) is 82.7 Å². The van der Waals surface area contributed by atoms with Gasteiger partial charge in [-0.15, -0.1) is 0 Å². The van der Waals surface area contributed by atoms with Crippen LogP contribution in [0.5, 0.6) is 0 Å². The van der Waals surface area contributed by atoms with Gasteiger partial charge in [0.2, 0.25) is 6.04 Å². The standard InChI is InChI=1S/C22H26N2/c1-17(2)20-11-7-10-19(12-20)13-21-15-24(16-22(21)23-3)14-18-8-5-4-6-9-18/h4-12,17,21-22H,13-16H2,1-2H3/t21?,22-/m0/s1. The third kappa shape index (κ3) is 4.04. The molecule has 2 nitrogen and oxygen atoms in total. The van der Waals surface area contributed by atoms with Crippen LogP contribution in [-0.2, 0) is 13.0 Å². The van der Waals surface area contributed by atoms with E-state index in [-0.39, 0.29) is 6.04 Å². The Hall–Kier alpha value is -2.11. The first-order valence-electron chi connectivity index (χ1n) is 8.87. The summed E-state index contributed by atoms with van der Waals surface area (Å²) in [6.45, 7) is 14.9. The van der Waals surface area contributed by atoms with E-state index in [1.165, 1.54) is 16.7 Å². The molecular weight excluding hydrogens is 292 g/mol. The van der Waals surface area contributed by atoms with E-state index in [2.05, 4.69) is 78.2 Å². The van der Waals surface area contributed by atoms with Crippen LogP contribution in [0.15, 0.2) is 54.6 Å². The molecule has 0 aliphatic carbocycles. The van der Waals surface area contributed by atoms with Crippen molar-refractivity contribution >= 4 is 0 Å². The first kappa shape index (κ1) is 16.7. The summed E-state index contributed by atoms with van der Waals surface area (Å²) in [4.78, 5) is 6.36. The molecule has 1 aliphatic rings. The van der Waals surface area contributed by atoms with Gasteiger partial charge < -0.3 is 4.85 Å². The fourth-order valence-corrected chi connectivity index (χ4v) is 3.64. The van der Waals surface area contributed by atoms with Gasteiger partial charge in [0, 0.05) is 13.1 Å². The predicted octanol–water partition coefficient (Wildman–Crippen LogP) is 4.77. The average molecular weight is 318 g/mol. The van der Waals surface area contributed by atoms with Gasteiger partial charge in [-0.3, -0.25) is 4.90 Å². The fourth-order valence-electron chi connectivity index (χ4n) is 3.64. The number of rotatable bonds is 5. The second-order valence-corrected chi connectivity index (χ2v) is 7.24. The molecule has 0 radical (unpaired) electrons. The predicted molar refractivity (Wildman–Crippen MR) is 99.8 cm³/mol. The van der Waals surface area contributed by atoms with Gasteiger partial charge >= 0.3 is 0 Å². The average Bonchev–Trinajstić information content (AvgIpc) is 2.97. The van der Waals surface area contributed by atoms with Gasteiger partial charge in [0.25, 0.3) is 0 Å². The summed E-state index contributed by atoms with van der Waals surface area (Å²) in [6, 6.07) is 19.6. The summed E-state index contributed by atoms with van der Waals surface area (Å²) < 4.78 is 0. The lowest BCUT2D eigenvalue weighted by Crippen LogP contribution is -2.20. The van der Waals surface area contributed by atoms with Gasteiger partial charge in [-0.1, -0.05) is 68.4 Å². The number of nitrogens with zero attached hydrogens (tertiary/aromatic N) is 2. The minimum atomic E-state index is 0.122. The van der Waals surface area contributed by atoms with E-state index in [1.807, 2.05) is 0 Å². The highest BCUT2D eigenvalue weighted by molar-refractivity contribution is 5.27. The number of benzene rings is 2. The van der Waals surface area contributed by atoms with Gasteiger partial charge in [0.1, 0.15) is 0 Å².